The van der Waals surface area contributed by atoms with Gasteiger partial charge in [-0.05, 0) is 18.2 Å². The molecule has 0 aromatic heterocycles. The molecular weight excluding hydrogens is 304 g/mol. The summed E-state index contributed by atoms with van der Waals surface area (Å²) in [6.45, 7) is 3.49. The van der Waals surface area contributed by atoms with Crippen LogP contribution in [0.15, 0.2) is 48.5 Å². The molecule has 4 rings (SSSR count). The molecule has 1 fully saturated rings. The van der Waals surface area contributed by atoms with E-state index >= 15 is 0 Å². The number of carbonyl (C=O) groups excluding carboxylic acids is 1. The number of anilines is 1. The van der Waals surface area contributed by atoms with Crippen molar-refractivity contribution in [2.75, 3.05) is 38.2 Å². The van der Waals surface area contributed by atoms with Crippen LogP contribution in [0.1, 0.15) is 22.1 Å². The van der Waals surface area contributed by atoms with Crippen LogP contribution in [0, 0.1) is 0 Å². The molecule has 0 amide bonds. The van der Waals surface area contributed by atoms with E-state index in [2.05, 4.69) is 21.9 Å². The third kappa shape index (κ3) is 2.61. The number of piperazine rings is 1. The molecule has 2 aliphatic heterocycles. The molecule has 2 aromatic carbocycles. The Morgan fingerprint density at radius 1 is 1.04 bits per heavy atom. The minimum atomic E-state index is -0.249. The summed E-state index contributed by atoms with van der Waals surface area (Å²) in [5.74, 6) is 0.652. The number of carbonyl (C=O) groups is 1. The maximum Gasteiger partial charge on any atom is 0.340 e. The van der Waals surface area contributed by atoms with Crippen molar-refractivity contribution in [1.82, 2.24) is 4.90 Å². The van der Waals surface area contributed by atoms with Gasteiger partial charge in [-0.15, -0.1) is 0 Å². The molecule has 0 spiro atoms. The van der Waals surface area contributed by atoms with Gasteiger partial charge in [-0.3, -0.25) is 4.90 Å². The van der Waals surface area contributed by atoms with Crippen LogP contribution in [0.5, 0.6) is 5.75 Å². The predicted octanol–water partition coefficient (Wildman–Crippen LogP) is 2.69. The largest absolute Gasteiger partial charge is 0.497 e. The van der Waals surface area contributed by atoms with Crippen LogP contribution in [-0.2, 0) is 4.74 Å². The fourth-order valence-electron chi connectivity index (χ4n) is 3.42. The van der Waals surface area contributed by atoms with Crippen LogP contribution in [0.2, 0.25) is 0 Å². The highest BCUT2D eigenvalue weighted by molar-refractivity contribution is 5.93. The van der Waals surface area contributed by atoms with Crippen molar-refractivity contribution >= 4 is 11.7 Å². The molecule has 1 atom stereocenters. The molecule has 2 aromatic rings. The van der Waals surface area contributed by atoms with Gasteiger partial charge < -0.3 is 14.4 Å². The van der Waals surface area contributed by atoms with Gasteiger partial charge >= 0.3 is 5.97 Å². The van der Waals surface area contributed by atoms with Gasteiger partial charge in [0.2, 0.25) is 0 Å². The third-order valence-electron chi connectivity index (χ3n) is 4.73. The monoisotopic (exact) mass is 324 g/mol. The second-order valence-electron chi connectivity index (χ2n) is 6.07. The number of methoxy groups -OCH3 is 1. The fourth-order valence-corrected chi connectivity index (χ4v) is 3.42. The summed E-state index contributed by atoms with van der Waals surface area (Å²) in [7, 11) is 1.68. The smallest absolute Gasteiger partial charge is 0.340 e. The standard InChI is InChI=1S/C19H20N2O3/c1-23-15-6-4-5-14(13-15)20-9-11-21(12-10-20)18-16-7-2-3-8-17(16)19(22)24-18/h2-8,13,18H,9-12H2,1H3/t18-/m0/s1. The van der Waals surface area contributed by atoms with E-state index in [-0.39, 0.29) is 12.2 Å². The Morgan fingerprint density at radius 2 is 1.83 bits per heavy atom. The minimum Gasteiger partial charge on any atom is -0.497 e. The summed E-state index contributed by atoms with van der Waals surface area (Å²) in [4.78, 5) is 16.6. The molecule has 0 bridgehead atoms. The van der Waals surface area contributed by atoms with Gasteiger partial charge in [0, 0.05) is 43.5 Å². The van der Waals surface area contributed by atoms with Crippen molar-refractivity contribution in [2.45, 2.75) is 6.23 Å². The molecule has 0 aliphatic carbocycles. The van der Waals surface area contributed by atoms with Gasteiger partial charge in [0.15, 0.2) is 6.23 Å². The van der Waals surface area contributed by atoms with Gasteiger partial charge in [0.1, 0.15) is 5.75 Å². The zero-order chi connectivity index (χ0) is 16.5. The average molecular weight is 324 g/mol. The minimum absolute atomic E-state index is 0.217. The van der Waals surface area contributed by atoms with Gasteiger partial charge in [0.25, 0.3) is 0 Å². The molecule has 124 valence electrons. The van der Waals surface area contributed by atoms with Crippen molar-refractivity contribution in [3.63, 3.8) is 0 Å². The lowest BCUT2D eigenvalue weighted by Gasteiger charge is -2.38. The van der Waals surface area contributed by atoms with Crippen LogP contribution >= 0.6 is 0 Å². The van der Waals surface area contributed by atoms with Gasteiger partial charge in [-0.25, -0.2) is 4.79 Å². The lowest BCUT2D eigenvalue weighted by Crippen LogP contribution is -2.47. The molecule has 1 saturated heterocycles. The lowest BCUT2D eigenvalue weighted by molar-refractivity contribution is -0.0250. The summed E-state index contributed by atoms with van der Waals surface area (Å²) in [5, 5.41) is 0. The first-order valence-corrected chi connectivity index (χ1v) is 8.19. The van der Waals surface area contributed by atoms with E-state index in [4.69, 9.17) is 9.47 Å². The number of nitrogens with zero attached hydrogens (tertiary/aromatic N) is 2. The summed E-state index contributed by atoms with van der Waals surface area (Å²) in [5.41, 5.74) is 2.84. The number of fused-ring (bicyclic) bond motifs is 1. The molecule has 0 N–H and O–H groups in total. The molecular formula is C19H20N2O3. The zero-order valence-corrected chi connectivity index (χ0v) is 13.6. The number of hydrogen-bond acceptors (Lipinski definition) is 5. The van der Waals surface area contributed by atoms with E-state index in [1.165, 1.54) is 0 Å². The van der Waals surface area contributed by atoms with E-state index in [1.807, 2.05) is 36.4 Å². The van der Waals surface area contributed by atoms with Crippen molar-refractivity contribution in [3.05, 3.63) is 59.7 Å². The topological polar surface area (TPSA) is 42.0 Å². The second-order valence-corrected chi connectivity index (χ2v) is 6.07. The van der Waals surface area contributed by atoms with Crippen molar-refractivity contribution in [3.8, 4) is 5.75 Å². The van der Waals surface area contributed by atoms with E-state index in [1.54, 1.807) is 7.11 Å². The Hall–Kier alpha value is -2.53. The first-order valence-electron chi connectivity index (χ1n) is 8.19. The first-order chi connectivity index (χ1) is 11.8. The quantitative estimate of drug-likeness (QED) is 0.812. The number of benzene rings is 2. The molecule has 5 heteroatoms. The molecule has 24 heavy (non-hydrogen) atoms. The molecule has 2 heterocycles. The average Bonchev–Trinajstić information content (AvgIpc) is 2.99. The Kier molecular flexibility index (Phi) is 3.86. The number of esters is 1. The van der Waals surface area contributed by atoms with Crippen LogP contribution in [0.3, 0.4) is 0 Å². The number of hydrogen-bond donors (Lipinski definition) is 0. The predicted molar refractivity (Wildman–Crippen MR) is 91.4 cm³/mol. The summed E-state index contributed by atoms with van der Waals surface area (Å²) < 4.78 is 10.9. The van der Waals surface area contributed by atoms with E-state index < -0.39 is 0 Å². The SMILES string of the molecule is COc1cccc(N2CCN([C@H]3OC(=O)c4ccccc43)CC2)c1. The van der Waals surface area contributed by atoms with E-state index in [9.17, 15) is 4.79 Å². The summed E-state index contributed by atoms with van der Waals surface area (Å²) in [6, 6.07) is 15.8. The second kappa shape index (κ2) is 6.17. The Balaban J connectivity index is 1.46. The van der Waals surface area contributed by atoms with Crippen molar-refractivity contribution in [1.29, 1.82) is 0 Å². The Morgan fingerprint density at radius 3 is 2.62 bits per heavy atom. The Bertz CT molecular complexity index is 754. The fraction of sp³-hybridized carbons (Fsp3) is 0.316. The molecule has 5 nitrogen and oxygen atoms in total. The maximum absolute atomic E-state index is 12.0. The third-order valence-corrected chi connectivity index (χ3v) is 4.73. The molecule has 0 radical (unpaired) electrons. The molecule has 0 unspecified atom stereocenters. The van der Waals surface area contributed by atoms with E-state index in [0.717, 1.165) is 43.2 Å². The highest BCUT2D eigenvalue weighted by Gasteiger charge is 2.36. The normalized spacial score (nSPS) is 20.6. The number of rotatable bonds is 3. The summed E-state index contributed by atoms with van der Waals surface area (Å²) in [6.07, 6.45) is -0.249. The highest BCUT2D eigenvalue weighted by Crippen LogP contribution is 2.34. The van der Waals surface area contributed by atoms with Crippen molar-refractivity contribution in [2.24, 2.45) is 0 Å². The number of ether oxygens (including phenoxy) is 2. The lowest BCUT2D eigenvalue weighted by atomic mass is 10.1. The van der Waals surface area contributed by atoms with Gasteiger partial charge in [0.05, 0.1) is 12.7 Å². The Labute approximate surface area is 141 Å². The molecule has 0 saturated carbocycles. The maximum atomic E-state index is 12.0. The van der Waals surface area contributed by atoms with Crippen LogP contribution in [-0.4, -0.2) is 44.2 Å². The van der Waals surface area contributed by atoms with Crippen LogP contribution in [0.4, 0.5) is 5.69 Å². The van der Waals surface area contributed by atoms with E-state index in [0.29, 0.717) is 5.56 Å². The summed E-state index contributed by atoms with van der Waals surface area (Å²) >= 11 is 0. The van der Waals surface area contributed by atoms with Gasteiger partial charge in [-0.1, -0.05) is 24.3 Å². The van der Waals surface area contributed by atoms with Crippen LogP contribution < -0.4 is 9.64 Å². The number of cyclic esters (lactones) is 1. The zero-order valence-electron chi connectivity index (χ0n) is 13.6. The first kappa shape index (κ1) is 15.0. The van der Waals surface area contributed by atoms with Crippen LogP contribution in [0.25, 0.3) is 0 Å². The van der Waals surface area contributed by atoms with Crippen molar-refractivity contribution < 1.29 is 14.3 Å². The molecule has 2 aliphatic rings. The van der Waals surface area contributed by atoms with Gasteiger partial charge in [-0.2, -0.15) is 0 Å². The highest BCUT2D eigenvalue weighted by atomic mass is 16.6.